The lowest BCUT2D eigenvalue weighted by Crippen LogP contribution is -2.45. The third kappa shape index (κ3) is 3.65. The number of hydrogen-bond donors (Lipinski definition) is 1. The molecule has 1 atom stereocenters. The van der Waals surface area contributed by atoms with Crippen molar-refractivity contribution in [3.8, 4) is 11.5 Å². The number of methoxy groups -OCH3 is 2. The van der Waals surface area contributed by atoms with E-state index in [4.69, 9.17) is 15.2 Å². The topological polar surface area (TPSA) is 81.9 Å². The first-order valence-electron chi connectivity index (χ1n) is 6.88. The molecule has 0 bridgehead atoms. The van der Waals surface area contributed by atoms with Crippen LogP contribution < -0.4 is 15.2 Å². The van der Waals surface area contributed by atoms with Crippen LogP contribution in [0.4, 0.5) is 0 Å². The number of sulfonamides is 1. The summed E-state index contributed by atoms with van der Waals surface area (Å²) in [4.78, 5) is 0.245. The van der Waals surface area contributed by atoms with Gasteiger partial charge in [0, 0.05) is 25.2 Å². The van der Waals surface area contributed by atoms with Crippen molar-refractivity contribution in [1.29, 1.82) is 0 Å². The largest absolute Gasteiger partial charge is 0.493 e. The molecule has 126 valence electrons. The smallest absolute Gasteiger partial charge is 0.243 e. The molecule has 6 nitrogen and oxygen atoms in total. The molecule has 1 heterocycles. The third-order valence-electron chi connectivity index (χ3n) is 3.72. The number of halogens is 1. The van der Waals surface area contributed by atoms with Crippen molar-refractivity contribution in [3.63, 3.8) is 0 Å². The van der Waals surface area contributed by atoms with E-state index in [1.165, 1.54) is 24.6 Å². The van der Waals surface area contributed by atoms with E-state index < -0.39 is 10.0 Å². The van der Waals surface area contributed by atoms with E-state index in [9.17, 15) is 8.42 Å². The summed E-state index contributed by atoms with van der Waals surface area (Å²) in [5, 5.41) is 0. The van der Waals surface area contributed by atoms with Gasteiger partial charge in [-0.1, -0.05) is 0 Å². The standard InChI is InChI=1S/C14H22N2O4S.ClH/c1-10-7-12(19-2)13(20-3)8-14(10)21(17,18)16-6-4-5-11(15)9-16;/h7-8,11H,4-6,9,15H2,1-3H3;1H. The number of benzene rings is 1. The van der Waals surface area contributed by atoms with Crippen molar-refractivity contribution in [3.05, 3.63) is 17.7 Å². The summed E-state index contributed by atoms with van der Waals surface area (Å²) >= 11 is 0. The van der Waals surface area contributed by atoms with Crippen molar-refractivity contribution >= 4 is 22.4 Å². The van der Waals surface area contributed by atoms with E-state index in [-0.39, 0.29) is 23.3 Å². The SMILES string of the molecule is COc1cc(C)c(S(=O)(=O)N2CCCC(N)C2)cc1OC.Cl. The minimum atomic E-state index is -3.57. The van der Waals surface area contributed by atoms with Crippen molar-refractivity contribution in [2.75, 3.05) is 27.3 Å². The molecule has 1 aliphatic rings. The van der Waals surface area contributed by atoms with Crippen LogP contribution >= 0.6 is 12.4 Å². The molecule has 22 heavy (non-hydrogen) atoms. The fraction of sp³-hybridized carbons (Fsp3) is 0.571. The van der Waals surface area contributed by atoms with Crippen molar-refractivity contribution in [2.45, 2.75) is 30.7 Å². The van der Waals surface area contributed by atoms with Gasteiger partial charge in [0.25, 0.3) is 0 Å². The molecular formula is C14H23ClN2O4S. The van der Waals surface area contributed by atoms with Crippen molar-refractivity contribution in [1.82, 2.24) is 4.31 Å². The maximum absolute atomic E-state index is 12.8. The highest BCUT2D eigenvalue weighted by atomic mass is 35.5. The molecule has 1 unspecified atom stereocenters. The minimum absolute atomic E-state index is 0. The molecule has 0 aromatic heterocycles. The highest BCUT2D eigenvalue weighted by Gasteiger charge is 2.31. The average Bonchev–Trinajstić information content (AvgIpc) is 2.46. The van der Waals surface area contributed by atoms with Gasteiger partial charge in [0.1, 0.15) is 0 Å². The molecule has 1 saturated heterocycles. The van der Waals surface area contributed by atoms with Crippen LogP contribution in [-0.4, -0.2) is 46.1 Å². The molecule has 0 aliphatic carbocycles. The number of nitrogens with zero attached hydrogens (tertiary/aromatic N) is 1. The van der Waals surface area contributed by atoms with Gasteiger partial charge >= 0.3 is 0 Å². The predicted octanol–water partition coefficient (Wildman–Crippen LogP) is 1.55. The second kappa shape index (κ2) is 7.50. The molecule has 0 amide bonds. The highest BCUT2D eigenvalue weighted by Crippen LogP contribution is 2.34. The summed E-state index contributed by atoms with van der Waals surface area (Å²) in [6, 6.07) is 3.09. The van der Waals surface area contributed by atoms with Gasteiger partial charge in [-0.3, -0.25) is 0 Å². The summed E-state index contributed by atoms with van der Waals surface area (Å²) in [6.07, 6.45) is 1.64. The highest BCUT2D eigenvalue weighted by molar-refractivity contribution is 7.89. The van der Waals surface area contributed by atoms with Crippen LogP contribution in [0.2, 0.25) is 0 Å². The third-order valence-corrected chi connectivity index (χ3v) is 5.73. The zero-order valence-corrected chi connectivity index (χ0v) is 14.7. The molecule has 2 rings (SSSR count). The van der Waals surface area contributed by atoms with E-state index >= 15 is 0 Å². The number of rotatable bonds is 4. The fourth-order valence-electron chi connectivity index (χ4n) is 2.57. The van der Waals surface area contributed by atoms with Gasteiger partial charge in [-0.25, -0.2) is 8.42 Å². The van der Waals surface area contributed by atoms with E-state index in [0.717, 1.165) is 12.8 Å². The Bertz CT molecular complexity index is 622. The fourth-order valence-corrected chi connectivity index (χ4v) is 4.33. The lowest BCUT2D eigenvalue weighted by molar-refractivity contribution is 0.315. The zero-order chi connectivity index (χ0) is 15.6. The van der Waals surface area contributed by atoms with Crippen molar-refractivity contribution < 1.29 is 17.9 Å². The number of ether oxygens (including phenoxy) is 2. The summed E-state index contributed by atoms with van der Waals surface area (Å²) in [5.74, 6) is 0.923. The number of aryl methyl sites for hydroxylation is 1. The number of hydrogen-bond acceptors (Lipinski definition) is 5. The normalized spacial score (nSPS) is 19.4. The first-order chi connectivity index (χ1) is 9.90. The Kier molecular flexibility index (Phi) is 6.49. The van der Waals surface area contributed by atoms with Crippen LogP contribution in [0.5, 0.6) is 11.5 Å². The molecule has 8 heteroatoms. The van der Waals surface area contributed by atoms with E-state index in [1.807, 2.05) is 0 Å². The second-order valence-electron chi connectivity index (χ2n) is 5.24. The van der Waals surface area contributed by atoms with Gasteiger partial charge in [-0.2, -0.15) is 4.31 Å². The molecule has 1 fully saturated rings. The van der Waals surface area contributed by atoms with Crippen molar-refractivity contribution in [2.24, 2.45) is 5.73 Å². The molecular weight excluding hydrogens is 328 g/mol. The molecule has 0 saturated carbocycles. The summed E-state index contributed by atoms with van der Waals surface area (Å²) in [6.45, 7) is 2.61. The molecule has 0 spiro atoms. The molecule has 1 aromatic rings. The quantitative estimate of drug-likeness (QED) is 0.890. The van der Waals surface area contributed by atoms with E-state index in [1.54, 1.807) is 13.0 Å². The van der Waals surface area contributed by atoms with Crippen LogP contribution in [0.15, 0.2) is 17.0 Å². The van der Waals surface area contributed by atoms with Gasteiger partial charge in [-0.15, -0.1) is 12.4 Å². The Morgan fingerprint density at radius 3 is 2.36 bits per heavy atom. The lowest BCUT2D eigenvalue weighted by atomic mass is 10.1. The van der Waals surface area contributed by atoms with Gasteiger partial charge in [-0.05, 0) is 31.4 Å². The number of piperidine rings is 1. The lowest BCUT2D eigenvalue weighted by Gasteiger charge is -2.30. The Hall–Kier alpha value is -1.02. The Balaban J connectivity index is 0.00000242. The van der Waals surface area contributed by atoms with Crippen LogP contribution in [-0.2, 0) is 10.0 Å². The monoisotopic (exact) mass is 350 g/mol. The van der Waals surface area contributed by atoms with Gasteiger partial charge in [0.15, 0.2) is 11.5 Å². The average molecular weight is 351 g/mol. The van der Waals surface area contributed by atoms with Crippen LogP contribution in [0, 0.1) is 6.92 Å². The Morgan fingerprint density at radius 2 is 1.82 bits per heavy atom. The summed E-state index contributed by atoms with van der Waals surface area (Å²) < 4.78 is 37.4. The van der Waals surface area contributed by atoms with E-state index in [0.29, 0.717) is 30.2 Å². The van der Waals surface area contributed by atoms with Gasteiger partial charge < -0.3 is 15.2 Å². The number of nitrogens with two attached hydrogens (primary N) is 1. The van der Waals surface area contributed by atoms with E-state index in [2.05, 4.69) is 0 Å². The first kappa shape index (κ1) is 19.0. The van der Waals surface area contributed by atoms with Crippen LogP contribution in [0.1, 0.15) is 18.4 Å². The molecule has 2 N–H and O–H groups in total. The summed E-state index contributed by atoms with van der Waals surface area (Å²) in [5.41, 5.74) is 6.52. The molecule has 0 radical (unpaired) electrons. The second-order valence-corrected chi connectivity index (χ2v) is 7.14. The molecule has 1 aromatic carbocycles. The Labute approximate surface area is 138 Å². The van der Waals surface area contributed by atoms with Crippen LogP contribution in [0.25, 0.3) is 0 Å². The van der Waals surface area contributed by atoms with Crippen LogP contribution in [0.3, 0.4) is 0 Å². The Morgan fingerprint density at radius 1 is 1.23 bits per heavy atom. The summed E-state index contributed by atoms with van der Waals surface area (Å²) in [7, 11) is -0.556. The van der Waals surface area contributed by atoms with Gasteiger partial charge in [0.05, 0.1) is 19.1 Å². The maximum atomic E-state index is 12.8. The maximum Gasteiger partial charge on any atom is 0.243 e. The predicted molar refractivity (Wildman–Crippen MR) is 87.5 cm³/mol. The molecule has 1 aliphatic heterocycles. The van der Waals surface area contributed by atoms with Gasteiger partial charge in [0.2, 0.25) is 10.0 Å². The first-order valence-corrected chi connectivity index (χ1v) is 8.32. The minimum Gasteiger partial charge on any atom is -0.493 e. The zero-order valence-electron chi connectivity index (χ0n) is 13.0.